The van der Waals surface area contributed by atoms with E-state index in [1.54, 1.807) is 0 Å². The maximum atomic E-state index is 4.31. The smallest absolute Gasteiger partial charge is 0.0934 e. The Morgan fingerprint density at radius 1 is 1.27 bits per heavy atom. The van der Waals surface area contributed by atoms with Crippen LogP contribution in [0.5, 0.6) is 0 Å². The average molecular weight is 265 g/mol. The van der Waals surface area contributed by atoms with Gasteiger partial charge in [-0.1, -0.05) is 48.0 Å². The Hall–Kier alpha value is -1.09. The molecule has 0 bridgehead atoms. The van der Waals surface area contributed by atoms with Crippen molar-refractivity contribution in [3.63, 3.8) is 0 Å². The number of nitrogens with one attached hydrogen (secondary N) is 1. The van der Waals surface area contributed by atoms with Gasteiger partial charge in [-0.2, -0.15) is 5.10 Å². The first-order chi connectivity index (χ1) is 7.18. The molecule has 0 aliphatic carbocycles. The lowest BCUT2D eigenvalue weighted by Gasteiger charge is -1.99. The van der Waals surface area contributed by atoms with Gasteiger partial charge in [-0.3, -0.25) is 5.10 Å². The van der Waals surface area contributed by atoms with Crippen molar-refractivity contribution in [1.29, 1.82) is 0 Å². The van der Waals surface area contributed by atoms with Crippen LogP contribution in [0.15, 0.2) is 34.8 Å². The molecule has 78 valence electrons. The zero-order chi connectivity index (χ0) is 10.8. The highest BCUT2D eigenvalue weighted by atomic mass is 79.9. The van der Waals surface area contributed by atoms with Crippen molar-refractivity contribution >= 4 is 15.9 Å². The third-order valence-electron chi connectivity index (χ3n) is 2.37. The first-order valence-electron chi connectivity index (χ1n) is 4.98. The number of nitrogens with zero attached hydrogens (tertiary/aromatic N) is 1. The van der Waals surface area contributed by atoms with Crippen LogP contribution in [0.25, 0.3) is 11.3 Å². The van der Waals surface area contributed by atoms with E-state index in [1.807, 2.05) is 18.2 Å². The first-order valence-corrected chi connectivity index (χ1v) is 5.78. The Kier molecular flexibility index (Phi) is 2.91. The molecule has 0 fully saturated rings. The zero-order valence-electron chi connectivity index (χ0n) is 8.79. The quantitative estimate of drug-likeness (QED) is 0.874. The van der Waals surface area contributed by atoms with Crippen molar-refractivity contribution in [2.75, 3.05) is 0 Å². The summed E-state index contributed by atoms with van der Waals surface area (Å²) in [6, 6.07) is 10.2. The second-order valence-electron chi connectivity index (χ2n) is 3.84. The van der Waals surface area contributed by atoms with Gasteiger partial charge in [0.05, 0.1) is 5.69 Å². The molecule has 0 amide bonds. The molecule has 0 atom stereocenters. The predicted molar refractivity (Wildman–Crippen MR) is 65.8 cm³/mol. The summed E-state index contributed by atoms with van der Waals surface area (Å²) in [5.74, 6) is 0.480. The second-order valence-corrected chi connectivity index (χ2v) is 4.70. The normalized spacial score (nSPS) is 10.9. The molecule has 0 aliphatic heterocycles. The van der Waals surface area contributed by atoms with E-state index in [9.17, 15) is 0 Å². The third kappa shape index (κ3) is 2.12. The van der Waals surface area contributed by atoms with Gasteiger partial charge >= 0.3 is 0 Å². The molecule has 1 aromatic heterocycles. The summed E-state index contributed by atoms with van der Waals surface area (Å²) < 4.78 is 1.08. The SMILES string of the molecule is CC(C)c1cc(-c2ccccc2Br)n[nH]1. The molecule has 0 saturated carbocycles. The van der Waals surface area contributed by atoms with Crippen molar-refractivity contribution < 1.29 is 0 Å². The van der Waals surface area contributed by atoms with Crippen molar-refractivity contribution in [3.05, 3.63) is 40.5 Å². The number of rotatable bonds is 2. The first kappa shape index (κ1) is 10.4. The Labute approximate surface area is 97.8 Å². The molecule has 1 aromatic carbocycles. The fourth-order valence-corrected chi connectivity index (χ4v) is 1.93. The molecule has 3 heteroatoms. The summed E-state index contributed by atoms with van der Waals surface area (Å²) in [6.07, 6.45) is 0. The van der Waals surface area contributed by atoms with E-state index in [0.29, 0.717) is 5.92 Å². The average Bonchev–Trinajstić information content (AvgIpc) is 2.67. The summed E-state index contributed by atoms with van der Waals surface area (Å²) in [4.78, 5) is 0. The monoisotopic (exact) mass is 264 g/mol. The van der Waals surface area contributed by atoms with Gasteiger partial charge in [0, 0.05) is 15.7 Å². The lowest BCUT2D eigenvalue weighted by atomic mass is 10.1. The highest BCUT2D eigenvalue weighted by Crippen LogP contribution is 2.27. The highest BCUT2D eigenvalue weighted by Gasteiger charge is 2.08. The number of hydrogen-bond acceptors (Lipinski definition) is 1. The van der Waals surface area contributed by atoms with Crippen molar-refractivity contribution in [1.82, 2.24) is 10.2 Å². The van der Waals surface area contributed by atoms with Gasteiger partial charge < -0.3 is 0 Å². The van der Waals surface area contributed by atoms with Gasteiger partial charge in [0.25, 0.3) is 0 Å². The van der Waals surface area contributed by atoms with Gasteiger partial charge in [0.1, 0.15) is 0 Å². The van der Waals surface area contributed by atoms with E-state index >= 15 is 0 Å². The topological polar surface area (TPSA) is 28.7 Å². The van der Waals surface area contributed by atoms with Crippen LogP contribution in [0.1, 0.15) is 25.5 Å². The summed E-state index contributed by atoms with van der Waals surface area (Å²) in [7, 11) is 0. The molecule has 2 aromatic rings. The van der Waals surface area contributed by atoms with E-state index in [1.165, 1.54) is 5.69 Å². The third-order valence-corrected chi connectivity index (χ3v) is 3.06. The Bertz CT molecular complexity index is 460. The number of halogens is 1. The van der Waals surface area contributed by atoms with E-state index in [4.69, 9.17) is 0 Å². The predicted octanol–water partition coefficient (Wildman–Crippen LogP) is 3.96. The zero-order valence-corrected chi connectivity index (χ0v) is 10.4. The second kappa shape index (κ2) is 4.19. The minimum Gasteiger partial charge on any atom is -0.282 e. The molecular formula is C12H13BrN2. The summed E-state index contributed by atoms with van der Waals surface area (Å²) in [5, 5.41) is 7.37. The molecule has 0 unspecified atom stereocenters. The molecule has 0 spiro atoms. The van der Waals surface area contributed by atoms with Crippen LogP contribution in [-0.4, -0.2) is 10.2 Å². The van der Waals surface area contributed by atoms with Gasteiger partial charge in [-0.05, 0) is 18.1 Å². The maximum absolute atomic E-state index is 4.31. The van der Waals surface area contributed by atoms with Crippen molar-refractivity contribution in [2.45, 2.75) is 19.8 Å². The fourth-order valence-electron chi connectivity index (χ4n) is 1.44. The maximum Gasteiger partial charge on any atom is 0.0934 e. The standard InChI is InChI=1S/C12H13BrN2/c1-8(2)11-7-12(15-14-11)9-5-3-4-6-10(9)13/h3-8H,1-2H3,(H,14,15). The number of hydrogen-bond donors (Lipinski definition) is 1. The van der Waals surface area contributed by atoms with Crippen LogP contribution in [0.2, 0.25) is 0 Å². The molecule has 2 rings (SSSR count). The van der Waals surface area contributed by atoms with Crippen LogP contribution >= 0.6 is 15.9 Å². The molecule has 0 radical (unpaired) electrons. The van der Waals surface area contributed by atoms with Crippen LogP contribution in [0.4, 0.5) is 0 Å². The number of aromatic amines is 1. The lowest BCUT2D eigenvalue weighted by Crippen LogP contribution is -1.85. The van der Waals surface area contributed by atoms with Crippen LogP contribution in [-0.2, 0) is 0 Å². The summed E-state index contributed by atoms with van der Waals surface area (Å²) in [6.45, 7) is 4.30. The van der Waals surface area contributed by atoms with Gasteiger partial charge in [0.2, 0.25) is 0 Å². The largest absolute Gasteiger partial charge is 0.282 e. The van der Waals surface area contributed by atoms with Crippen LogP contribution in [0, 0.1) is 0 Å². The van der Waals surface area contributed by atoms with Crippen LogP contribution < -0.4 is 0 Å². The molecular weight excluding hydrogens is 252 g/mol. The molecule has 15 heavy (non-hydrogen) atoms. The van der Waals surface area contributed by atoms with E-state index in [2.05, 4.69) is 52.1 Å². The molecule has 0 aliphatic rings. The number of benzene rings is 1. The van der Waals surface area contributed by atoms with Gasteiger partial charge in [0.15, 0.2) is 0 Å². The molecule has 1 N–H and O–H groups in total. The Balaban J connectivity index is 2.42. The number of H-pyrrole nitrogens is 1. The summed E-state index contributed by atoms with van der Waals surface area (Å²) in [5.41, 5.74) is 3.28. The fraction of sp³-hybridized carbons (Fsp3) is 0.250. The Morgan fingerprint density at radius 2 is 2.00 bits per heavy atom. The molecule has 0 saturated heterocycles. The van der Waals surface area contributed by atoms with E-state index in [0.717, 1.165) is 15.7 Å². The van der Waals surface area contributed by atoms with Gasteiger partial charge in [-0.15, -0.1) is 0 Å². The molecule has 1 heterocycles. The van der Waals surface area contributed by atoms with E-state index in [-0.39, 0.29) is 0 Å². The van der Waals surface area contributed by atoms with Crippen molar-refractivity contribution in [3.8, 4) is 11.3 Å². The molecule has 2 nitrogen and oxygen atoms in total. The lowest BCUT2D eigenvalue weighted by molar-refractivity contribution is 0.811. The van der Waals surface area contributed by atoms with Crippen molar-refractivity contribution in [2.24, 2.45) is 0 Å². The van der Waals surface area contributed by atoms with Crippen LogP contribution in [0.3, 0.4) is 0 Å². The van der Waals surface area contributed by atoms with E-state index < -0.39 is 0 Å². The van der Waals surface area contributed by atoms with Gasteiger partial charge in [-0.25, -0.2) is 0 Å². The highest BCUT2D eigenvalue weighted by molar-refractivity contribution is 9.10. The minimum absolute atomic E-state index is 0.480. The Morgan fingerprint density at radius 3 is 2.60 bits per heavy atom. The summed E-state index contributed by atoms with van der Waals surface area (Å²) >= 11 is 3.53. The minimum atomic E-state index is 0.480. The number of aromatic nitrogens is 2.